The van der Waals surface area contributed by atoms with E-state index in [9.17, 15) is 0 Å². The molecule has 0 aliphatic rings. The number of nitrogens with zero attached hydrogens (tertiary/aromatic N) is 1. The molecule has 0 aliphatic carbocycles. The third-order valence-corrected chi connectivity index (χ3v) is 6.46. The van der Waals surface area contributed by atoms with Crippen LogP contribution in [0.2, 0.25) is 5.02 Å². The first-order chi connectivity index (χ1) is 11.3. The molecule has 2 aromatic heterocycles. The van der Waals surface area contributed by atoms with Gasteiger partial charge in [-0.2, -0.15) is 0 Å². The van der Waals surface area contributed by atoms with Crippen LogP contribution in [0, 0.1) is 0 Å². The molecule has 0 atom stereocenters. The Hall–Kier alpha value is -1.94. The van der Waals surface area contributed by atoms with Gasteiger partial charge < -0.3 is 0 Å². The number of aromatic nitrogens is 1. The molecule has 0 saturated carbocycles. The normalized spacial score (nSPS) is 11.7. The maximum absolute atomic E-state index is 6.15. The molecular formula is C19H10ClNS2. The number of halogens is 1. The van der Waals surface area contributed by atoms with Crippen LogP contribution in [-0.2, 0) is 0 Å². The summed E-state index contributed by atoms with van der Waals surface area (Å²) in [6, 6.07) is 20.8. The molecular weight excluding hydrogens is 342 g/mol. The van der Waals surface area contributed by atoms with E-state index in [2.05, 4.69) is 42.5 Å². The van der Waals surface area contributed by atoms with Crippen LogP contribution in [0.4, 0.5) is 0 Å². The van der Waals surface area contributed by atoms with Crippen LogP contribution in [0.5, 0.6) is 0 Å². The van der Waals surface area contributed by atoms with Gasteiger partial charge in [0.15, 0.2) is 0 Å². The van der Waals surface area contributed by atoms with Crippen molar-refractivity contribution in [2.75, 3.05) is 0 Å². The van der Waals surface area contributed by atoms with Crippen molar-refractivity contribution >= 4 is 64.7 Å². The Morgan fingerprint density at radius 2 is 1.70 bits per heavy atom. The van der Waals surface area contributed by atoms with E-state index >= 15 is 0 Å². The van der Waals surface area contributed by atoms with Gasteiger partial charge in [0.25, 0.3) is 0 Å². The third-order valence-electron chi connectivity index (χ3n) is 3.97. The van der Waals surface area contributed by atoms with Crippen LogP contribution >= 0.6 is 34.3 Å². The maximum atomic E-state index is 6.15. The first-order valence-electron chi connectivity index (χ1n) is 7.26. The molecule has 5 rings (SSSR count). The molecule has 0 radical (unpaired) electrons. The Labute approximate surface area is 145 Å². The van der Waals surface area contributed by atoms with Gasteiger partial charge >= 0.3 is 0 Å². The summed E-state index contributed by atoms with van der Waals surface area (Å²) < 4.78 is 3.78. The van der Waals surface area contributed by atoms with Gasteiger partial charge in [-0.1, -0.05) is 48.0 Å². The summed E-state index contributed by atoms with van der Waals surface area (Å²) in [4.78, 5) is 4.83. The first-order valence-corrected chi connectivity index (χ1v) is 9.27. The summed E-state index contributed by atoms with van der Waals surface area (Å²) in [7, 11) is 0. The molecule has 3 aromatic carbocycles. The van der Waals surface area contributed by atoms with Crippen LogP contribution in [0.15, 0.2) is 60.7 Å². The number of benzene rings is 3. The van der Waals surface area contributed by atoms with E-state index in [1.807, 2.05) is 18.2 Å². The Kier molecular flexibility index (Phi) is 2.95. The average molecular weight is 352 g/mol. The topological polar surface area (TPSA) is 12.9 Å². The van der Waals surface area contributed by atoms with Gasteiger partial charge in [0.05, 0.1) is 10.2 Å². The van der Waals surface area contributed by atoms with E-state index in [4.69, 9.17) is 16.6 Å². The van der Waals surface area contributed by atoms with Crippen molar-refractivity contribution in [1.82, 2.24) is 4.98 Å². The number of hydrogen-bond donors (Lipinski definition) is 0. The Morgan fingerprint density at radius 1 is 0.826 bits per heavy atom. The Bertz CT molecular complexity index is 1170. The molecule has 0 spiro atoms. The highest BCUT2D eigenvalue weighted by Crippen LogP contribution is 2.42. The summed E-state index contributed by atoms with van der Waals surface area (Å²) in [5.41, 5.74) is 2.24. The largest absolute Gasteiger partial charge is 0.236 e. The minimum absolute atomic E-state index is 0.787. The molecule has 0 aliphatic heterocycles. The number of thiazole rings is 1. The molecule has 1 nitrogen and oxygen atoms in total. The van der Waals surface area contributed by atoms with Gasteiger partial charge in [-0.3, -0.25) is 0 Å². The van der Waals surface area contributed by atoms with Crippen molar-refractivity contribution in [3.05, 3.63) is 65.7 Å². The second-order valence-electron chi connectivity index (χ2n) is 5.41. The van der Waals surface area contributed by atoms with Gasteiger partial charge in [-0.25, -0.2) is 4.98 Å². The van der Waals surface area contributed by atoms with E-state index in [0.29, 0.717) is 0 Å². The first kappa shape index (κ1) is 13.5. The Morgan fingerprint density at radius 3 is 2.57 bits per heavy atom. The molecule has 4 heteroatoms. The van der Waals surface area contributed by atoms with Gasteiger partial charge in [0.1, 0.15) is 5.01 Å². The fourth-order valence-electron chi connectivity index (χ4n) is 2.92. The summed E-state index contributed by atoms with van der Waals surface area (Å²) in [5.74, 6) is 0. The van der Waals surface area contributed by atoms with E-state index in [0.717, 1.165) is 15.5 Å². The monoisotopic (exact) mass is 351 g/mol. The van der Waals surface area contributed by atoms with Crippen molar-refractivity contribution in [2.24, 2.45) is 0 Å². The lowest BCUT2D eigenvalue weighted by molar-refractivity contribution is 1.48. The number of rotatable bonds is 1. The van der Waals surface area contributed by atoms with Gasteiger partial charge in [0, 0.05) is 30.8 Å². The summed E-state index contributed by atoms with van der Waals surface area (Å²) >= 11 is 9.70. The highest BCUT2D eigenvalue weighted by molar-refractivity contribution is 7.28. The minimum Gasteiger partial charge on any atom is -0.236 e. The van der Waals surface area contributed by atoms with E-state index in [1.54, 1.807) is 22.7 Å². The second-order valence-corrected chi connectivity index (χ2v) is 7.93. The van der Waals surface area contributed by atoms with Gasteiger partial charge in [0.2, 0.25) is 0 Å². The van der Waals surface area contributed by atoms with Crippen LogP contribution in [-0.4, -0.2) is 4.98 Å². The third kappa shape index (κ3) is 2.08. The van der Waals surface area contributed by atoms with Crippen molar-refractivity contribution in [1.29, 1.82) is 0 Å². The van der Waals surface area contributed by atoms with Crippen LogP contribution in [0.25, 0.3) is 41.0 Å². The van der Waals surface area contributed by atoms with E-state index < -0.39 is 0 Å². The van der Waals surface area contributed by atoms with Crippen molar-refractivity contribution in [2.45, 2.75) is 0 Å². The predicted molar refractivity (Wildman–Crippen MR) is 103 cm³/mol. The highest BCUT2D eigenvalue weighted by atomic mass is 35.5. The Balaban J connectivity index is 1.88. The minimum atomic E-state index is 0.787. The molecule has 0 saturated heterocycles. The zero-order valence-electron chi connectivity index (χ0n) is 11.9. The van der Waals surface area contributed by atoms with Gasteiger partial charge in [-0.15, -0.1) is 22.7 Å². The van der Waals surface area contributed by atoms with Gasteiger partial charge in [-0.05, 0) is 24.3 Å². The van der Waals surface area contributed by atoms with Crippen molar-refractivity contribution in [3.8, 4) is 10.6 Å². The van der Waals surface area contributed by atoms with E-state index in [-0.39, 0.29) is 0 Å². The SMILES string of the molecule is Clc1ccc2c(c1)sc1ccc3nc(-c4ccccc4)sc3c12. The zero-order chi connectivity index (χ0) is 15.4. The van der Waals surface area contributed by atoms with Crippen LogP contribution < -0.4 is 0 Å². The second kappa shape index (κ2) is 5.03. The number of fused-ring (bicyclic) bond motifs is 5. The molecule has 2 heterocycles. The average Bonchev–Trinajstić information content (AvgIpc) is 3.15. The van der Waals surface area contributed by atoms with Crippen molar-refractivity contribution in [3.63, 3.8) is 0 Å². The van der Waals surface area contributed by atoms with Crippen molar-refractivity contribution < 1.29 is 0 Å². The lowest BCUT2D eigenvalue weighted by Gasteiger charge is -1.94. The molecule has 0 fully saturated rings. The number of hydrogen-bond acceptors (Lipinski definition) is 3. The number of thiophene rings is 1. The van der Waals surface area contributed by atoms with Crippen LogP contribution in [0.1, 0.15) is 0 Å². The molecule has 23 heavy (non-hydrogen) atoms. The molecule has 0 unspecified atom stereocenters. The molecule has 0 bridgehead atoms. The highest BCUT2D eigenvalue weighted by Gasteiger charge is 2.13. The fraction of sp³-hybridized carbons (Fsp3) is 0. The lowest BCUT2D eigenvalue weighted by Crippen LogP contribution is -1.73. The lowest BCUT2D eigenvalue weighted by atomic mass is 10.1. The van der Waals surface area contributed by atoms with Crippen LogP contribution in [0.3, 0.4) is 0 Å². The smallest absolute Gasteiger partial charge is 0.124 e. The molecule has 110 valence electrons. The summed E-state index contributed by atoms with van der Waals surface area (Å²) in [6.07, 6.45) is 0. The zero-order valence-corrected chi connectivity index (χ0v) is 14.3. The predicted octanol–water partition coefficient (Wildman–Crippen LogP) is 6.98. The summed E-state index contributed by atoms with van der Waals surface area (Å²) in [6.45, 7) is 0. The summed E-state index contributed by atoms with van der Waals surface area (Å²) in [5, 5.41) is 4.43. The maximum Gasteiger partial charge on any atom is 0.124 e. The van der Waals surface area contributed by atoms with E-state index in [1.165, 1.54) is 30.4 Å². The standard InChI is InChI=1S/C19H10ClNS2/c20-12-6-7-13-16(10-12)22-15-9-8-14-18(17(13)15)23-19(21-14)11-4-2-1-3-5-11/h1-10H. The quantitative estimate of drug-likeness (QED) is 0.317. The molecule has 5 aromatic rings. The molecule has 0 amide bonds. The molecule has 0 N–H and O–H groups in total. The fourth-order valence-corrected chi connectivity index (χ4v) is 5.51.